The Bertz CT molecular complexity index is 715. The molecule has 1 saturated carbocycles. The first-order valence-corrected chi connectivity index (χ1v) is 7.83. The number of nitriles is 2. The number of hydrogen-bond acceptors (Lipinski definition) is 2. The van der Waals surface area contributed by atoms with Crippen molar-refractivity contribution in [2.24, 2.45) is 29.1 Å². The van der Waals surface area contributed by atoms with E-state index in [1.807, 2.05) is 24.3 Å². The van der Waals surface area contributed by atoms with Gasteiger partial charge < -0.3 is 0 Å². The molecule has 3 aliphatic carbocycles. The summed E-state index contributed by atoms with van der Waals surface area (Å²) in [6, 6.07) is 4.69. The molecule has 0 aliphatic heterocycles. The maximum Gasteiger partial charge on any atom is 0.172 e. The van der Waals surface area contributed by atoms with Crippen molar-refractivity contribution < 1.29 is 0 Å². The van der Waals surface area contributed by atoms with Crippen molar-refractivity contribution >= 4 is 0 Å². The minimum absolute atomic E-state index is 0.0430. The van der Waals surface area contributed by atoms with E-state index in [-0.39, 0.29) is 17.8 Å². The van der Waals surface area contributed by atoms with Crippen LogP contribution in [-0.2, 0) is 0 Å². The molecule has 0 N–H and O–H groups in total. The van der Waals surface area contributed by atoms with Gasteiger partial charge in [0.2, 0.25) is 0 Å². The van der Waals surface area contributed by atoms with Gasteiger partial charge in [0.05, 0.1) is 12.1 Å². The summed E-state index contributed by atoms with van der Waals surface area (Å²) in [6.07, 6.45) is 14.3. The molecule has 110 valence electrons. The Labute approximate surface area is 132 Å². The molecule has 0 bridgehead atoms. The topological polar surface area (TPSA) is 47.6 Å². The van der Waals surface area contributed by atoms with Crippen LogP contribution in [0.5, 0.6) is 0 Å². The predicted octanol–water partition coefficient (Wildman–Crippen LogP) is 4.48. The van der Waals surface area contributed by atoms with Crippen molar-refractivity contribution in [2.75, 3.05) is 0 Å². The van der Waals surface area contributed by atoms with Crippen molar-refractivity contribution in [2.45, 2.75) is 20.8 Å². The zero-order chi connectivity index (χ0) is 15.9. The van der Waals surface area contributed by atoms with Gasteiger partial charge in [-0.25, -0.2) is 0 Å². The minimum atomic E-state index is -1.04. The summed E-state index contributed by atoms with van der Waals surface area (Å²) < 4.78 is 0. The summed E-state index contributed by atoms with van der Waals surface area (Å²) in [7, 11) is 0. The van der Waals surface area contributed by atoms with Crippen LogP contribution >= 0.6 is 0 Å². The van der Waals surface area contributed by atoms with Gasteiger partial charge in [-0.1, -0.05) is 62.0 Å². The Balaban J connectivity index is 2.22. The number of allylic oxidation sites excluding steroid dienone is 10. The van der Waals surface area contributed by atoms with Crippen molar-refractivity contribution in [3.8, 4) is 12.1 Å². The van der Waals surface area contributed by atoms with Crippen LogP contribution in [0.4, 0.5) is 0 Å². The average molecular weight is 288 g/mol. The highest BCUT2D eigenvalue weighted by atomic mass is 14.6. The monoisotopic (exact) mass is 288 g/mol. The Morgan fingerprint density at radius 3 is 2.50 bits per heavy atom. The molecule has 0 heterocycles. The first-order chi connectivity index (χ1) is 10.6. The molecular formula is C20H20N2. The van der Waals surface area contributed by atoms with Gasteiger partial charge in [0.1, 0.15) is 0 Å². The van der Waals surface area contributed by atoms with E-state index in [1.54, 1.807) is 0 Å². The number of rotatable bonds is 1. The standard InChI is InChI=1S/C20H20N2/c1-13(2)14(3)15-9-10-18-19(15)16-7-5-4-6-8-17(16)20(18,11-21)12-22/h4-10,13,16,18-19H,1-3H3/b15-14+/t16-,18-,19-/m1/s1. The molecule has 0 aromatic heterocycles. The quantitative estimate of drug-likeness (QED) is 0.714. The van der Waals surface area contributed by atoms with E-state index in [4.69, 9.17) is 0 Å². The first kappa shape index (κ1) is 14.6. The highest BCUT2D eigenvalue weighted by molar-refractivity contribution is 5.54. The Hall–Kier alpha value is -2.32. The summed E-state index contributed by atoms with van der Waals surface area (Å²) in [4.78, 5) is 0. The van der Waals surface area contributed by atoms with Gasteiger partial charge in [0, 0.05) is 17.8 Å². The van der Waals surface area contributed by atoms with Crippen LogP contribution in [0, 0.1) is 51.7 Å². The normalized spacial score (nSPS) is 32.8. The SMILES string of the molecule is C/C(=C1/C=C[C@@H]2[C@H]1[C@@H]1C=CC=CC=C1C2(C#N)C#N)C(C)C. The van der Waals surface area contributed by atoms with Crippen LogP contribution < -0.4 is 0 Å². The van der Waals surface area contributed by atoms with E-state index in [0.29, 0.717) is 5.92 Å². The minimum Gasteiger partial charge on any atom is -0.196 e. The average Bonchev–Trinajstić information content (AvgIpc) is 2.94. The fourth-order valence-electron chi connectivity index (χ4n) is 4.01. The zero-order valence-corrected chi connectivity index (χ0v) is 13.2. The van der Waals surface area contributed by atoms with Gasteiger partial charge in [-0.15, -0.1) is 0 Å². The van der Waals surface area contributed by atoms with Gasteiger partial charge in [-0.3, -0.25) is 0 Å². The Kier molecular flexibility index (Phi) is 3.42. The lowest BCUT2D eigenvalue weighted by molar-refractivity contribution is 0.422. The van der Waals surface area contributed by atoms with Crippen LogP contribution in [-0.4, -0.2) is 0 Å². The lowest BCUT2D eigenvalue weighted by atomic mass is 9.76. The molecule has 1 fully saturated rings. The molecule has 0 amide bonds. The molecule has 3 atom stereocenters. The highest BCUT2D eigenvalue weighted by Crippen LogP contribution is 2.60. The molecule has 22 heavy (non-hydrogen) atoms. The molecule has 0 spiro atoms. The molecule has 0 unspecified atom stereocenters. The molecule has 0 aromatic carbocycles. The Morgan fingerprint density at radius 2 is 1.86 bits per heavy atom. The number of hydrogen-bond donors (Lipinski definition) is 0. The third kappa shape index (κ3) is 1.77. The van der Waals surface area contributed by atoms with E-state index >= 15 is 0 Å². The van der Waals surface area contributed by atoms with Gasteiger partial charge in [0.25, 0.3) is 0 Å². The van der Waals surface area contributed by atoms with Crippen molar-refractivity contribution in [3.63, 3.8) is 0 Å². The maximum absolute atomic E-state index is 9.82. The summed E-state index contributed by atoms with van der Waals surface area (Å²) in [5, 5.41) is 19.6. The van der Waals surface area contributed by atoms with E-state index in [2.05, 4.69) is 51.1 Å². The lowest BCUT2D eigenvalue weighted by Crippen LogP contribution is -2.23. The predicted molar refractivity (Wildman–Crippen MR) is 87.2 cm³/mol. The summed E-state index contributed by atoms with van der Waals surface area (Å²) in [5.41, 5.74) is 2.59. The summed E-state index contributed by atoms with van der Waals surface area (Å²) in [5.74, 6) is 0.776. The fourth-order valence-corrected chi connectivity index (χ4v) is 4.01. The molecule has 0 radical (unpaired) electrons. The third-order valence-corrected chi connectivity index (χ3v) is 5.42. The molecule has 3 rings (SSSR count). The summed E-state index contributed by atoms with van der Waals surface area (Å²) in [6.45, 7) is 6.57. The van der Waals surface area contributed by atoms with Crippen molar-refractivity contribution in [3.05, 3.63) is 59.3 Å². The lowest BCUT2D eigenvalue weighted by Gasteiger charge is -2.22. The van der Waals surface area contributed by atoms with Crippen LogP contribution in [0.15, 0.2) is 59.3 Å². The molecule has 0 saturated heterocycles. The van der Waals surface area contributed by atoms with Crippen LogP contribution in [0.2, 0.25) is 0 Å². The summed E-state index contributed by atoms with van der Waals surface area (Å²) >= 11 is 0. The molecule has 3 aliphatic rings. The van der Waals surface area contributed by atoms with Gasteiger partial charge in [-0.05, 0) is 24.0 Å². The molecule has 0 aromatic rings. The Morgan fingerprint density at radius 1 is 1.14 bits per heavy atom. The van der Waals surface area contributed by atoms with E-state index < -0.39 is 5.41 Å². The smallest absolute Gasteiger partial charge is 0.172 e. The second kappa shape index (κ2) is 5.15. The van der Waals surface area contributed by atoms with Crippen molar-refractivity contribution in [1.82, 2.24) is 0 Å². The molecular weight excluding hydrogens is 268 g/mol. The zero-order valence-electron chi connectivity index (χ0n) is 13.2. The first-order valence-electron chi connectivity index (χ1n) is 7.83. The molecule has 2 heteroatoms. The molecule has 2 nitrogen and oxygen atoms in total. The second-order valence-electron chi connectivity index (χ2n) is 6.65. The second-order valence-corrected chi connectivity index (χ2v) is 6.65. The van der Waals surface area contributed by atoms with Gasteiger partial charge in [0.15, 0.2) is 5.41 Å². The van der Waals surface area contributed by atoms with E-state index in [1.165, 1.54) is 11.1 Å². The number of nitrogens with zero attached hydrogens (tertiary/aromatic N) is 2. The van der Waals surface area contributed by atoms with Gasteiger partial charge >= 0.3 is 0 Å². The van der Waals surface area contributed by atoms with Crippen LogP contribution in [0.25, 0.3) is 0 Å². The van der Waals surface area contributed by atoms with Gasteiger partial charge in [-0.2, -0.15) is 10.5 Å². The van der Waals surface area contributed by atoms with E-state index in [0.717, 1.165) is 5.57 Å². The largest absolute Gasteiger partial charge is 0.196 e. The highest BCUT2D eigenvalue weighted by Gasteiger charge is 2.59. The third-order valence-electron chi connectivity index (χ3n) is 5.42. The maximum atomic E-state index is 9.82. The van der Waals surface area contributed by atoms with Crippen molar-refractivity contribution in [1.29, 1.82) is 10.5 Å². The fraction of sp³-hybridized carbons (Fsp3) is 0.400. The van der Waals surface area contributed by atoms with E-state index in [9.17, 15) is 10.5 Å². The van der Waals surface area contributed by atoms with Crippen LogP contribution in [0.3, 0.4) is 0 Å². The number of fused-ring (bicyclic) bond motifs is 3. The van der Waals surface area contributed by atoms with Crippen LogP contribution in [0.1, 0.15) is 20.8 Å².